The molecular weight excluding hydrogens is 683 g/mol. The van der Waals surface area contributed by atoms with Crippen molar-refractivity contribution in [2.24, 2.45) is 0 Å². The van der Waals surface area contributed by atoms with Crippen LogP contribution in [0.15, 0.2) is 199 Å². The molecule has 0 spiro atoms. The Balaban J connectivity index is 1.09. The fourth-order valence-electron chi connectivity index (χ4n) is 8.40. The maximum Gasteiger partial charge on any atom is 0.164 e. The van der Waals surface area contributed by atoms with E-state index < -0.39 is 0 Å². The highest BCUT2D eigenvalue weighted by Gasteiger charge is 2.30. The highest BCUT2D eigenvalue weighted by Crippen LogP contribution is 2.49. The Morgan fingerprint density at radius 1 is 0.339 bits per heavy atom. The Bertz CT molecular complexity index is 2980. The molecule has 4 heteroatoms. The van der Waals surface area contributed by atoms with E-state index in [9.17, 15) is 0 Å². The summed E-state index contributed by atoms with van der Waals surface area (Å²) in [5.74, 6) is 2.03. The Hall–Kier alpha value is -7.43. The van der Waals surface area contributed by atoms with Crippen molar-refractivity contribution in [3.8, 4) is 67.5 Å². The standard InChI is InChI=1S/C52H33N3O/c1-4-15-33(16-5-1)39-30-45(36-21-14-22-38(29-36)52-54-50(34-17-6-2-7-18-34)53-51(55-52)35-19-8-3-9-20-35)49-44-28-27-37(31-46(44)56-47(49)32-39)48-42-25-12-10-23-40(42)41-24-11-13-26-43(41)48/h1-32,48H. The summed E-state index contributed by atoms with van der Waals surface area (Å²) < 4.78 is 6.86. The number of furan rings is 1. The first kappa shape index (κ1) is 32.0. The number of hydrogen-bond donors (Lipinski definition) is 0. The van der Waals surface area contributed by atoms with Crippen LogP contribution in [0.3, 0.4) is 0 Å². The summed E-state index contributed by atoms with van der Waals surface area (Å²) in [6.07, 6.45) is 0. The molecule has 4 nitrogen and oxygen atoms in total. The van der Waals surface area contributed by atoms with E-state index in [1.807, 2.05) is 60.7 Å². The molecule has 1 aliphatic rings. The smallest absolute Gasteiger partial charge is 0.164 e. The second-order valence-electron chi connectivity index (χ2n) is 14.3. The van der Waals surface area contributed by atoms with Crippen molar-refractivity contribution in [3.05, 3.63) is 211 Å². The van der Waals surface area contributed by atoms with E-state index in [4.69, 9.17) is 19.4 Å². The largest absolute Gasteiger partial charge is 0.456 e. The molecule has 0 saturated carbocycles. The van der Waals surface area contributed by atoms with Crippen LogP contribution in [0.25, 0.3) is 89.5 Å². The van der Waals surface area contributed by atoms with Crippen LogP contribution in [0.4, 0.5) is 0 Å². The van der Waals surface area contributed by atoms with Gasteiger partial charge in [-0.05, 0) is 74.3 Å². The van der Waals surface area contributed by atoms with E-state index in [0.29, 0.717) is 17.5 Å². The molecule has 0 amide bonds. The molecule has 10 aromatic rings. The number of aromatic nitrogens is 3. The minimum atomic E-state index is 0.137. The second-order valence-corrected chi connectivity index (χ2v) is 14.3. The molecule has 0 bridgehead atoms. The van der Waals surface area contributed by atoms with Gasteiger partial charge >= 0.3 is 0 Å². The van der Waals surface area contributed by atoms with Crippen LogP contribution in [0.5, 0.6) is 0 Å². The van der Waals surface area contributed by atoms with Gasteiger partial charge in [0.2, 0.25) is 0 Å². The van der Waals surface area contributed by atoms with Crippen molar-refractivity contribution < 1.29 is 4.42 Å². The molecule has 0 unspecified atom stereocenters. The van der Waals surface area contributed by atoms with Crippen LogP contribution in [-0.4, -0.2) is 15.0 Å². The molecule has 11 rings (SSSR count). The van der Waals surface area contributed by atoms with Crippen LogP contribution in [0.1, 0.15) is 22.6 Å². The van der Waals surface area contributed by atoms with Crippen molar-refractivity contribution in [1.82, 2.24) is 15.0 Å². The number of nitrogens with zero attached hydrogens (tertiary/aromatic N) is 3. The summed E-state index contributed by atoms with van der Waals surface area (Å²) in [5.41, 5.74) is 15.4. The van der Waals surface area contributed by atoms with Gasteiger partial charge in [0, 0.05) is 33.4 Å². The normalized spacial score (nSPS) is 12.2. The predicted molar refractivity (Wildman–Crippen MR) is 227 cm³/mol. The highest BCUT2D eigenvalue weighted by atomic mass is 16.3. The van der Waals surface area contributed by atoms with Crippen LogP contribution in [-0.2, 0) is 0 Å². The topological polar surface area (TPSA) is 51.8 Å². The van der Waals surface area contributed by atoms with Gasteiger partial charge < -0.3 is 4.42 Å². The molecule has 8 aromatic carbocycles. The molecule has 262 valence electrons. The zero-order chi connectivity index (χ0) is 37.0. The fraction of sp³-hybridized carbons (Fsp3) is 0.0192. The maximum absolute atomic E-state index is 6.86. The summed E-state index contributed by atoms with van der Waals surface area (Å²) in [4.78, 5) is 15.0. The first-order valence-corrected chi connectivity index (χ1v) is 19.0. The summed E-state index contributed by atoms with van der Waals surface area (Å²) in [7, 11) is 0. The third-order valence-corrected chi connectivity index (χ3v) is 11.0. The molecule has 0 fully saturated rings. The van der Waals surface area contributed by atoms with E-state index in [1.165, 1.54) is 27.8 Å². The Morgan fingerprint density at radius 2 is 0.857 bits per heavy atom. The van der Waals surface area contributed by atoms with E-state index in [2.05, 4.69) is 133 Å². The zero-order valence-corrected chi connectivity index (χ0v) is 30.3. The van der Waals surface area contributed by atoms with Crippen molar-refractivity contribution >= 4 is 21.9 Å². The maximum atomic E-state index is 6.86. The average Bonchev–Trinajstić information content (AvgIpc) is 3.82. The predicted octanol–water partition coefficient (Wildman–Crippen LogP) is 13.3. The van der Waals surface area contributed by atoms with E-state index in [0.717, 1.165) is 60.9 Å². The molecule has 0 saturated heterocycles. The minimum absolute atomic E-state index is 0.137. The molecular formula is C52H33N3O. The van der Waals surface area contributed by atoms with E-state index in [1.54, 1.807) is 0 Å². The molecule has 0 atom stereocenters. The van der Waals surface area contributed by atoms with Crippen molar-refractivity contribution in [3.63, 3.8) is 0 Å². The first-order valence-electron chi connectivity index (χ1n) is 19.0. The van der Waals surface area contributed by atoms with Gasteiger partial charge in [0.25, 0.3) is 0 Å². The van der Waals surface area contributed by atoms with Crippen molar-refractivity contribution in [2.45, 2.75) is 5.92 Å². The second kappa shape index (κ2) is 13.2. The van der Waals surface area contributed by atoms with E-state index >= 15 is 0 Å². The van der Waals surface area contributed by atoms with Gasteiger partial charge in [-0.2, -0.15) is 0 Å². The third kappa shape index (κ3) is 5.42. The zero-order valence-electron chi connectivity index (χ0n) is 30.3. The van der Waals surface area contributed by atoms with Crippen molar-refractivity contribution in [1.29, 1.82) is 0 Å². The van der Waals surface area contributed by atoms with Gasteiger partial charge in [0.05, 0.1) is 0 Å². The number of rotatable bonds is 6. The number of hydrogen-bond acceptors (Lipinski definition) is 4. The van der Waals surface area contributed by atoms with Gasteiger partial charge in [-0.3, -0.25) is 0 Å². The molecule has 0 radical (unpaired) electrons. The highest BCUT2D eigenvalue weighted by molar-refractivity contribution is 6.14. The van der Waals surface area contributed by atoms with Gasteiger partial charge in [-0.25, -0.2) is 15.0 Å². The van der Waals surface area contributed by atoms with Crippen LogP contribution in [0.2, 0.25) is 0 Å². The molecule has 56 heavy (non-hydrogen) atoms. The first-order chi connectivity index (χ1) is 27.7. The Labute approximate surface area is 324 Å². The number of fused-ring (bicyclic) bond motifs is 6. The monoisotopic (exact) mass is 715 g/mol. The Morgan fingerprint density at radius 3 is 1.48 bits per heavy atom. The summed E-state index contributed by atoms with van der Waals surface area (Å²) in [6.45, 7) is 0. The molecule has 0 aliphatic heterocycles. The van der Waals surface area contributed by atoms with E-state index in [-0.39, 0.29) is 5.92 Å². The summed E-state index contributed by atoms with van der Waals surface area (Å²) in [6, 6.07) is 68.1. The molecule has 0 N–H and O–H groups in total. The quantitative estimate of drug-likeness (QED) is 0.172. The van der Waals surface area contributed by atoms with Gasteiger partial charge in [-0.1, -0.05) is 170 Å². The molecule has 2 aromatic heterocycles. The van der Waals surface area contributed by atoms with Gasteiger partial charge in [-0.15, -0.1) is 0 Å². The van der Waals surface area contributed by atoms with Crippen LogP contribution in [0, 0.1) is 0 Å². The Kier molecular flexibility index (Phi) is 7.52. The van der Waals surface area contributed by atoms with Crippen LogP contribution >= 0.6 is 0 Å². The summed E-state index contributed by atoms with van der Waals surface area (Å²) in [5, 5.41) is 2.17. The van der Waals surface area contributed by atoms with Crippen molar-refractivity contribution in [2.75, 3.05) is 0 Å². The average molecular weight is 716 g/mol. The van der Waals surface area contributed by atoms with Crippen LogP contribution < -0.4 is 0 Å². The molecule has 2 heterocycles. The summed E-state index contributed by atoms with van der Waals surface area (Å²) >= 11 is 0. The lowest BCUT2D eigenvalue weighted by molar-refractivity contribution is 0.668. The van der Waals surface area contributed by atoms with Gasteiger partial charge in [0.1, 0.15) is 11.2 Å². The SMILES string of the molecule is c1ccc(-c2cc(-c3cccc(-c4nc(-c5ccccc5)nc(-c5ccccc5)n4)c3)c3c(c2)oc2cc(C4c5ccccc5-c5ccccc54)ccc23)cc1. The number of benzene rings is 8. The van der Waals surface area contributed by atoms with Gasteiger partial charge in [0.15, 0.2) is 17.5 Å². The fourth-order valence-corrected chi connectivity index (χ4v) is 8.40. The third-order valence-electron chi connectivity index (χ3n) is 11.0. The molecule has 1 aliphatic carbocycles. The lowest BCUT2D eigenvalue weighted by Gasteiger charge is -2.14. The lowest BCUT2D eigenvalue weighted by Crippen LogP contribution is -2.00. The lowest BCUT2D eigenvalue weighted by atomic mass is 9.88. The minimum Gasteiger partial charge on any atom is -0.456 e.